The van der Waals surface area contributed by atoms with Crippen LogP contribution in [0.5, 0.6) is 0 Å². The summed E-state index contributed by atoms with van der Waals surface area (Å²) >= 11 is 0. The second kappa shape index (κ2) is 63.1. The van der Waals surface area contributed by atoms with Crippen LogP contribution in [0.1, 0.15) is 367 Å². The Bertz CT molecular complexity index is 1320. The Balaban J connectivity index is 3.86. The fraction of sp³-hybridized carbons (Fsp3) is 0.930. The lowest BCUT2D eigenvalue weighted by molar-refractivity contribution is -0.870. The predicted molar refractivity (Wildman–Crippen MR) is 339 cm³/mol. The zero-order valence-corrected chi connectivity index (χ0v) is 54.2. The van der Waals surface area contributed by atoms with Crippen LogP contribution in [0.2, 0.25) is 0 Å². The molecule has 0 N–H and O–H groups in total. The van der Waals surface area contributed by atoms with E-state index in [4.69, 9.17) is 18.9 Å². The molecule has 0 aliphatic carbocycles. The Morgan fingerprint density at radius 2 is 0.637 bits per heavy atom. The number of quaternary nitrogens is 1. The molecule has 0 saturated heterocycles. The van der Waals surface area contributed by atoms with Gasteiger partial charge in [0.1, 0.15) is 13.2 Å². The summed E-state index contributed by atoms with van der Waals surface area (Å²) in [4.78, 5) is 37.3. The molecule has 0 aromatic heterocycles. The summed E-state index contributed by atoms with van der Waals surface area (Å²) in [6.45, 7) is 4.81. The number of carbonyl (C=O) groups is 3. The van der Waals surface area contributed by atoms with Crippen LogP contribution in [0.4, 0.5) is 0 Å². The van der Waals surface area contributed by atoms with Crippen molar-refractivity contribution in [1.29, 1.82) is 0 Å². The smallest absolute Gasteiger partial charge is 0.306 e. The fourth-order valence-electron chi connectivity index (χ4n) is 10.8. The number of hydrogen-bond acceptors (Lipinski definition) is 8. The molecular formula is C71H137NO8. The van der Waals surface area contributed by atoms with Crippen LogP contribution < -0.4 is 5.11 Å². The molecule has 0 fully saturated rings. The maximum atomic E-state index is 12.9. The highest BCUT2D eigenvalue weighted by Gasteiger charge is 2.22. The molecule has 0 radical (unpaired) electrons. The molecule has 2 unspecified atom stereocenters. The first-order valence-electron chi connectivity index (χ1n) is 35.3. The maximum Gasteiger partial charge on any atom is 0.306 e. The molecule has 80 heavy (non-hydrogen) atoms. The zero-order valence-electron chi connectivity index (χ0n) is 54.2. The highest BCUT2D eigenvalue weighted by Crippen LogP contribution is 2.19. The molecule has 0 aromatic rings. The van der Waals surface area contributed by atoms with Crippen molar-refractivity contribution in [1.82, 2.24) is 0 Å². The van der Waals surface area contributed by atoms with Gasteiger partial charge in [0.15, 0.2) is 12.4 Å². The van der Waals surface area contributed by atoms with Gasteiger partial charge in [0.05, 0.1) is 40.3 Å². The lowest BCUT2D eigenvalue weighted by Crippen LogP contribution is -2.44. The summed E-state index contributed by atoms with van der Waals surface area (Å²) in [5.74, 6) is -2.25. The molecule has 0 aliphatic rings. The van der Waals surface area contributed by atoms with Gasteiger partial charge in [-0.2, -0.15) is 0 Å². The molecule has 0 heterocycles. The Morgan fingerprint density at radius 1 is 0.362 bits per heavy atom. The number of carboxylic acids is 1. The van der Waals surface area contributed by atoms with Crippen molar-refractivity contribution in [2.24, 2.45) is 0 Å². The molecule has 0 bridgehead atoms. The third-order valence-electron chi connectivity index (χ3n) is 16.3. The first-order valence-corrected chi connectivity index (χ1v) is 35.3. The minimum Gasteiger partial charge on any atom is -0.545 e. The van der Waals surface area contributed by atoms with Crippen molar-refractivity contribution < 1.29 is 42.9 Å². The van der Waals surface area contributed by atoms with E-state index in [1.807, 2.05) is 21.1 Å². The van der Waals surface area contributed by atoms with E-state index < -0.39 is 24.3 Å². The minimum absolute atomic E-state index is 0.153. The summed E-state index contributed by atoms with van der Waals surface area (Å²) in [6.07, 6.45) is 73.3. The molecular weight excluding hydrogens is 995 g/mol. The number of allylic oxidation sites excluding steroid dienone is 2. The summed E-state index contributed by atoms with van der Waals surface area (Å²) < 4.78 is 22.8. The van der Waals surface area contributed by atoms with E-state index in [1.165, 1.54) is 302 Å². The number of carbonyl (C=O) groups excluding carboxylic acids is 3. The van der Waals surface area contributed by atoms with Crippen LogP contribution in [0, 0.1) is 0 Å². The van der Waals surface area contributed by atoms with E-state index in [-0.39, 0.29) is 32.2 Å². The van der Waals surface area contributed by atoms with Gasteiger partial charge in [-0.15, -0.1) is 0 Å². The number of likely N-dealkylation sites (N-methyl/N-ethyl adjacent to an activating group) is 1. The summed E-state index contributed by atoms with van der Waals surface area (Å²) in [5.41, 5.74) is 0. The Kier molecular flexibility index (Phi) is 61.5. The molecule has 0 rings (SSSR count). The van der Waals surface area contributed by atoms with Crippen LogP contribution in [-0.2, 0) is 33.3 Å². The van der Waals surface area contributed by atoms with Gasteiger partial charge >= 0.3 is 11.9 Å². The van der Waals surface area contributed by atoms with Gasteiger partial charge in [-0.05, 0) is 38.5 Å². The summed E-state index contributed by atoms with van der Waals surface area (Å²) in [6, 6.07) is 0. The largest absolute Gasteiger partial charge is 0.545 e. The predicted octanol–water partition coefficient (Wildman–Crippen LogP) is 20.3. The van der Waals surface area contributed by atoms with Crippen molar-refractivity contribution in [2.75, 3.05) is 47.5 Å². The van der Waals surface area contributed by atoms with Crippen LogP contribution in [0.25, 0.3) is 0 Å². The molecule has 9 nitrogen and oxygen atoms in total. The molecule has 0 amide bonds. The molecule has 474 valence electrons. The molecule has 0 aromatic carbocycles. The number of unbranched alkanes of at least 4 members (excludes halogenated alkanes) is 50. The summed E-state index contributed by atoms with van der Waals surface area (Å²) in [5, 5.41) is 11.8. The third kappa shape index (κ3) is 63.6. The second-order valence-electron chi connectivity index (χ2n) is 25.5. The fourth-order valence-corrected chi connectivity index (χ4v) is 10.8. The topological polar surface area (TPSA) is 111 Å². The molecule has 0 aliphatic heterocycles. The quantitative estimate of drug-likeness (QED) is 0.0195. The number of carboxylic acid groups (broad SMARTS) is 1. The Hall–Kier alpha value is -1.97. The van der Waals surface area contributed by atoms with Gasteiger partial charge in [0.25, 0.3) is 0 Å². The van der Waals surface area contributed by atoms with Gasteiger partial charge in [0, 0.05) is 12.8 Å². The first kappa shape index (κ1) is 78.0. The molecule has 0 saturated carbocycles. The van der Waals surface area contributed by atoms with E-state index in [2.05, 4.69) is 26.0 Å². The average Bonchev–Trinajstić information content (AvgIpc) is 3.43. The van der Waals surface area contributed by atoms with Gasteiger partial charge in [0.2, 0.25) is 0 Å². The minimum atomic E-state index is -1.62. The molecule has 0 spiro atoms. The average molecular weight is 1130 g/mol. The van der Waals surface area contributed by atoms with Crippen molar-refractivity contribution in [2.45, 2.75) is 379 Å². The first-order chi connectivity index (χ1) is 39.1. The van der Waals surface area contributed by atoms with Gasteiger partial charge in [-0.1, -0.05) is 328 Å². The Labute approximate surface area is 497 Å². The maximum absolute atomic E-state index is 12.9. The number of hydrogen-bond donors (Lipinski definition) is 0. The van der Waals surface area contributed by atoms with Crippen molar-refractivity contribution in [3.05, 3.63) is 12.2 Å². The van der Waals surface area contributed by atoms with Gasteiger partial charge < -0.3 is 33.3 Å². The normalized spacial score (nSPS) is 12.7. The van der Waals surface area contributed by atoms with Crippen molar-refractivity contribution in [3.63, 3.8) is 0 Å². The standard InChI is InChI=1S/C71H137NO8/c1-6-8-10-12-14-16-18-20-22-23-24-25-26-27-28-29-30-31-32-33-34-35-36-37-38-39-40-41-42-43-44-45-46-47-48-50-52-54-56-58-60-62-69(74)80-67(66-79-71(70(75)76)77-64-63-72(3,4)5)65-78-68(73)61-59-57-55-53-51-49-21-19-17-15-13-11-9-7-2/h23-24,67,71H,6-22,25-66H2,1-5H3/b24-23-. The van der Waals surface area contributed by atoms with E-state index in [1.54, 1.807) is 0 Å². The van der Waals surface area contributed by atoms with E-state index in [0.717, 1.165) is 38.5 Å². The monoisotopic (exact) mass is 1130 g/mol. The van der Waals surface area contributed by atoms with E-state index >= 15 is 0 Å². The van der Waals surface area contributed by atoms with Gasteiger partial charge in [-0.25, -0.2) is 0 Å². The highest BCUT2D eigenvalue weighted by atomic mass is 16.7. The molecule has 2 atom stereocenters. The number of ether oxygens (including phenoxy) is 4. The van der Waals surface area contributed by atoms with Crippen LogP contribution in [0.15, 0.2) is 12.2 Å². The summed E-state index contributed by atoms with van der Waals surface area (Å²) in [7, 11) is 5.94. The lowest BCUT2D eigenvalue weighted by atomic mass is 10.0. The third-order valence-corrected chi connectivity index (χ3v) is 16.3. The highest BCUT2D eigenvalue weighted by molar-refractivity contribution is 5.70. The SMILES string of the molecule is CCCCCCCCCC/C=C\CCCCCCCCCCCCCCCCCCCCCCCCCCCCCCCC(=O)OC(COC(=O)CCCCCCCCCCCCCCCC)COC(OCC[N+](C)(C)C)C(=O)[O-]. The Morgan fingerprint density at radius 3 is 0.925 bits per heavy atom. The number of nitrogens with zero attached hydrogens (tertiary/aromatic N) is 1. The van der Waals surface area contributed by atoms with Crippen LogP contribution in [-0.4, -0.2) is 82.3 Å². The number of aliphatic carboxylic acids is 1. The van der Waals surface area contributed by atoms with Crippen molar-refractivity contribution in [3.8, 4) is 0 Å². The van der Waals surface area contributed by atoms with Crippen LogP contribution in [0.3, 0.4) is 0 Å². The number of esters is 2. The lowest BCUT2D eigenvalue weighted by Gasteiger charge is -2.26. The van der Waals surface area contributed by atoms with E-state index in [9.17, 15) is 19.5 Å². The zero-order chi connectivity index (χ0) is 58.3. The van der Waals surface area contributed by atoms with E-state index in [0.29, 0.717) is 17.4 Å². The second-order valence-corrected chi connectivity index (χ2v) is 25.5. The van der Waals surface area contributed by atoms with Crippen molar-refractivity contribution >= 4 is 17.9 Å². The van der Waals surface area contributed by atoms with Gasteiger partial charge in [-0.3, -0.25) is 9.59 Å². The number of rotatable bonds is 67. The molecule has 9 heteroatoms. The van der Waals surface area contributed by atoms with Crippen LogP contribution >= 0.6 is 0 Å².